The molecule has 10 heteroatoms. The molecule has 0 spiro atoms. The highest BCUT2D eigenvalue weighted by atomic mass is 16.4. The molecule has 0 amide bonds. The predicted molar refractivity (Wildman–Crippen MR) is 121 cm³/mol. The van der Waals surface area contributed by atoms with Crippen molar-refractivity contribution in [1.29, 1.82) is 0 Å². The van der Waals surface area contributed by atoms with Gasteiger partial charge in [-0.15, -0.1) is 10.2 Å². The van der Waals surface area contributed by atoms with Gasteiger partial charge in [-0.2, -0.15) is 14.8 Å². The molecule has 0 radical (unpaired) electrons. The van der Waals surface area contributed by atoms with Crippen molar-refractivity contribution in [3.05, 3.63) is 78.1 Å². The van der Waals surface area contributed by atoms with E-state index in [0.29, 0.717) is 23.8 Å². The number of benzene rings is 2. The highest BCUT2D eigenvalue weighted by Gasteiger charge is 2.17. The number of anilines is 1. The van der Waals surface area contributed by atoms with E-state index in [1.165, 1.54) is 0 Å². The molecule has 5 aromatic rings. The Hall–Kier alpha value is -4.60. The van der Waals surface area contributed by atoms with Crippen molar-refractivity contribution < 1.29 is 9.90 Å². The average Bonchev–Trinajstić information content (AvgIpc) is 3.51. The molecule has 0 saturated heterocycles. The lowest BCUT2D eigenvalue weighted by Gasteiger charge is -2.24. The maximum Gasteiger partial charge on any atom is 0.323 e. The molecule has 164 valence electrons. The van der Waals surface area contributed by atoms with Crippen LogP contribution >= 0.6 is 0 Å². The van der Waals surface area contributed by atoms with Gasteiger partial charge in [0.15, 0.2) is 5.65 Å². The predicted octanol–water partition coefficient (Wildman–Crippen LogP) is 2.98. The van der Waals surface area contributed by atoms with Crippen molar-refractivity contribution in [2.45, 2.75) is 13.5 Å². The number of aromatic nitrogens is 7. The number of H-pyrrole nitrogens is 1. The van der Waals surface area contributed by atoms with Crippen molar-refractivity contribution in [3.63, 3.8) is 0 Å². The molecule has 0 atom stereocenters. The van der Waals surface area contributed by atoms with E-state index in [0.717, 1.165) is 27.9 Å². The normalized spacial score (nSPS) is 11.1. The minimum absolute atomic E-state index is 0.166. The van der Waals surface area contributed by atoms with Crippen LogP contribution in [0.1, 0.15) is 11.3 Å². The number of nitrogens with one attached hydrogen (secondary N) is 1. The molecular formula is C23H20N8O2. The second-order valence-electron chi connectivity index (χ2n) is 7.58. The van der Waals surface area contributed by atoms with Crippen molar-refractivity contribution in [2.75, 3.05) is 11.4 Å². The molecule has 2 N–H and O–H groups in total. The second kappa shape index (κ2) is 8.50. The van der Waals surface area contributed by atoms with Crippen LogP contribution in [0.15, 0.2) is 66.9 Å². The molecule has 0 fully saturated rings. The van der Waals surface area contributed by atoms with E-state index in [2.05, 4.69) is 30.7 Å². The van der Waals surface area contributed by atoms with Crippen LogP contribution in [-0.2, 0) is 11.3 Å². The highest BCUT2D eigenvalue weighted by molar-refractivity contribution is 5.80. The standard InChI is InChI=1S/C23H20N8O2/c1-15-12-21(31-20(25-15)10-11-24-31)30(14-22(32)33)13-16-6-8-17(9-7-16)18-4-2-3-5-19(18)23-26-28-29-27-23/h2-12H,13-14H2,1H3,(H,32,33)(H,26,27,28,29). The van der Waals surface area contributed by atoms with E-state index in [1.807, 2.05) is 61.5 Å². The van der Waals surface area contributed by atoms with Gasteiger partial charge in [-0.05, 0) is 28.8 Å². The second-order valence-corrected chi connectivity index (χ2v) is 7.58. The zero-order chi connectivity index (χ0) is 22.8. The third-order valence-electron chi connectivity index (χ3n) is 5.27. The quantitative estimate of drug-likeness (QED) is 0.396. The number of fused-ring (bicyclic) bond motifs is 1. The Kier molecular flexibility index (Phi) is 5.23. The Bertz CT molecular complexity index is 1410. The summed E-state index contributed by atoms with van der Waals surface area (Å²) in [6.45, 7) is 2.11. The van der Waals surface area contributed by atoms with Gasteiger partial charge < -0.3 is 10.0 Å². The van der Waals surface area contributed by atoms with E-state index < -0.39 is 5.97 Å². The number of aromatic amines is 1. The number of carboxylic acids is 1. The van der Waals surface area contributed by atoms with Crippen molar-refractivity contribution in [1.82, 2.24) is 35.2 Å². The number of carbonyl (C=O) groups is 1. The number of aryl methyl sites for hydroxylation is 1. The summed E-state index contributed by atoms with van der Waals surface area (Å²) in [7, 11) is 0. The molecule has 0 aliphatic carbocycles. The lowest BCUT2D eigenvalue weighted by atomic mass is 9.98. The summed E-state index contributed by atoms with van der Waals surface area (Å²) in [5.74, 6) is 0.283. The molecule has 0 saturated carbocycles. The largest absolute Gasteiger partial charge is 0.480 e. The zero-order valence-electron chi connectivity index (χ0n) is 17.8. The van der Waals surface area contributed by atoms with Gasteiger partial charge in [0.1, 0.15) is 12.4 Å². The molecule has 2 aromatic carbocycles. The summed E-state index contributed by atoms with van der Waals surface area (Å²) in [5.41, 5.74) is 5.29. The van der Waals surface area contributed by atoms with Gasteiger partial charge in [-0.1, -0.05) is 48.5 Å². The Morgan fingerprint density at radius 2 is 1.88 bits per heavy atom. The first kappa shape index (κ1) is 20.3. The van der Waals surface area contributed by atoms with Crippen molar-refractivity contribution in [3.8, 4) is 22.5 Å². The third-order valence-corrected chi connectivity index (χ3v) is 5.27. The van der Waals surface area contributed by atoms with Gasteiger partial charge in [0.25, 0.3) is 0 Å². The number of aliphatic carboxylic acids is 1. The number of hydrogen-bond donors (Lipinski definition) is 2. The monoisotopic (exact) mass is 440 g/mol. The summed E-state index contributed by atoms with van der Waals surface area (Å²) < 4.78 is 1.66. The molecule has 3 heterocycles. The summed E-state index contributed by atoms with van der Waals surface area (Å²) in [6.07, 6.45) is 1.65. The van der Waals surface area contributed by atoms with E-state index in [1.54, 1.807) is 21.7 Å². The maximum absolute atomic E-state index is 11.6. The van der Waals surface area contributed by atoms with E-state index >= 15 is 0 Å². The summed E-state index contributed by atoms with van der Waals surface area (Å²) >= 11 is 0. The van der Waals surface area contributed by atoms with Gasteiger partial charge in [-0.25, -0.2) is 4.98 Å². The van der Waals surface area contributed by atoms with Gasteiger partial charge in [-0.3, -0.25) is 4.79 Å². The first-order valence-electron chi connectivity index (χ1n) is 10.3. The number of tetrazole rings is 1. The van der Waals surface area contributed by atoms with Crippen molar-refractivity contribution >= 4 is 17.4 Å². The van der Waals surface area contributed by atoms with Crippen LogP contribution in [-0.4, -0.2) is 52.8 Å². The van der Waals surface area contributed by atoms with Gasteiger partial charge >= 0.3 is 5.97 Å². The number of hydrogen-bond acceptors (Lipinski definition) is 7. The molecule has 0 bridgehead atoms. The first-order chi connectivity index (χ1) is 16.1. The highest BCUT2D eigenvalue weighted by Crippen LogP contribution is 2.30. The maximum atomic E-state index is 11.6. The van der Waals surface area contributed by atoms with Gasteiger partial charge in [0, 0.05) is 29.9 Å². The minimum atomic E-state index is -0.921. The lowest BCUT2D eigenvalue weighted by Crippen LogP contribution is -2.31. The summed E-state index contributed by atoms with van der Waals surface area (Å²) in [4.78, 5) is 17.8. The smallest absolute Gasteiger partial charge is 0.323 e. The number of rotatable bonds is 7. The van der Waals surface area contributed by atoms with Crippen LogP contribution in [0.4, 0.5) is 5.82 Å². The number of nitrogens with zero attached hydrogens (tertiary/aromatic N) is 7. The molecule has 10 nitrogen and oxygen atoms in total. The summed E-state index contributed by atoms with van der Waals surface area (Å²) in [5, 5.41) is 28.2. The molecule has 0 unspecified atom stereocenters. The average molecular weight is 440 g/mol. The van der Waals surface area contributed by atoms with Crippen LogP contribution in [0.2, 0.25) is 0 Å². The molecule has 0 aliphatic heterocycles. The molecular weight excluding hydrogens is 420 g/mol. The zero-order valence-corrected chi connectivity index (χ0v) is 17.8. The Morgan fingerprint density at radius 1 is 1.09 bits per heavy atom. The molecule has 3 aromatic heterocycles. The van der Waals surface area contributed by atoms with E-state index in [-0.39, 0.29) is 6.54 Å². The first-order valence-corrected chi connectivity index (χ1v) is 10.3. The Labute approximate surface area is 188 Å². The molecule has 5 rings (SSSR count). The lowest BCUT2D eigenvalue weighted by molar-refractivity contribution is -0.135. The van der Waals surface area contributed by atoms with Crippen LogP contribution in [0.25, 0.3) is 28.2 Å². The summed E-state index contributed by atoms with van der Waals surface area (Å²) in [6, 6.07) is 19.5. The fraction of sp³-hybridized carbons (Fsp3) is 0.130. The van der Waals surface area contributed by atoms with Crippen LogP contribution < -0.4 is 4.90 Å². The van der Waals surface area contributed by atoms with Crippen LogP contribution in [0.5, 0.6) is 0 Å². The van der Waals surface area contributed by atoms with Gasteiger partial charge in [0.05, 0.1) is 6.20 Å². The fourth-order valence-corrected chi connectivity index (χ4v) is 3.84. The Balaban J connectivity index is 1.46. The topological polar surface area (TPSA) is 125 Å². The van der Waals surface area contributed by atoms with Gasteiger partial charge in [0.2, 0.25) is 5.82 Å². The third kappa shape index (κ3) is 4.13. The SMILES string of the molecule is Cc1cc(N(CC(=O)O)Cc2ccc(-c3ccccc3-c3nn[nH]n3)cc2)n2nccc2n1. The van der Waals surface area contributed by atoms with E-state index in [4.69, 9.17) is 0 Å². The fourth-order valence-electron chi connectivity index (χ4n) is 3.84. The number of carboxylic acid groups (broad SMARTS) is 1. The minimum Gasteiger partial charge on any atom is -0.480 e. The molecule has 0 aliphatic rings. The van der Waals surface area contributed by atoms with Crippen LogP contribution in [0.3, 0.4) is 0 Å². The molecule has 33 heavy (non-hydrogen) atoms. The Morgan fingerprint density at radius 3 is 2.61 bits per heavy atom. The van der Waals surface area contributed by atoms with Crippen LogP contribution in [0, 0.1) is 6.92 Å². The van der Waals surface area contributed by atoms with E-state index in [9.17, 15) is 9.90 Å². The van der Waals surface area contributed by atoms with Crippen molar-refractivity contribution in [2.24, 2.45) is 0 Å².